The molecule has 0 N–H and O–H groups in total. The Labute approximate surface area is 216 Å². The summed E-state index contributed by atoms with van der Waals surface area (Å²) in [5, 5.41) is 0. The second kappa shape index (κ2) is 7.77. The van der Waals surface area contributed by atoms with E-state index in [1.165, 1.54) is 83.5 Å². The van der Waals surface area contributed by atoms with E-state index < -0.39 is 0 Å². The molecule has 0 saturated heterocycles. The summed E-state index contributed by atoms with van der Waals surface area (Å²) >= 11 is 0. The van der Waals surface area contributed by atoms with E-state index in [4.69, 9.17) is 4.74 Å². The number of nitrogens with zero attached hydrogens (tertiary/aromatic N) is 1. The van der Waals surface area contributed by atoms with Crippen molar-refractivity contribution in [3.63, 3.8) is 0 Å². The fourth-order valence-corrected chi connectivity index (χ4v) is 6.00. The number of hydrogen-bond acceptors (Lipinski definition) is 2. The van der Waals surface area contributed by atoms with Crippen molar-refractivity contribution < 1.29 is 4.74 Å². The van der Waals surface area contributed by atoms with Gasteiger partial charge in [-0.2, -0.15) is 0 Å². The summed E-state index contributed by atoms with van der Waals surface area (Å²) < 4.78 is 6.76. The van der Waals surface area contributed by atoms with Gasteiger partial charge in [-0.05, 0) is 159 Å². The zero-order valence-corrected chi connectivity index (χ0v) is 23.0. The molecule has 0 spiro atoms. The molecule has 2 nitrogen and oxygen atoms in total. The van der Waals surface area contributed by atoms with Crippen LogP contribution < -0.4 is 26.0 Å². The largest absolute Gasteiger partial charge is 0.458 e. The summed E-state index contributed by atoms with van der Waals surface area (Å²) in [6.45, 7) is 20.1. The second-order valence-corrected chi connectivity index (χ2v) is 11.1. The van der Waals surface area contributed by atoms with E-state index in [2.05, 4.69) is 110 Å². The summed E-state index contributed by atoms with van der Waals surface area (Å²) in [6.07, 6.45) is 0. The van der Waals surface area contributed by atoms with Crippen molar-refractivity contribution in [1.29, 1.82) is 0 Å². The fraction of sp³-hybridized carbons (Fsp3) is 0.273. The van der Waals surface area contributed by atoms with Crippen LogP contribution in [0.25, 0.3) is 0 Å². The minimum atomic E-state index is 0.149. The Morgan fingerprint density at radius 2 is 1.06 bits per heavy atom. The molecular formula is C33H34BNO. The van der Waals surface area contributed by atoms with Gasteiger partial charge in [0.1, 0.15) is 11.5 Å². The smallest absolute Gasteiger partial charge is 0.256 e. The fourth-order valence-electron chi connectivity index (χ4n) is 6.00. The third-order valence-corrected chi connectivity index (χ3v) is 8.85. The molecule has 36 heavy (non-hydrogen) atoms. The Balaban J connectivity index is 1.75. The highest BCUT2D eigenvalue weighted by Crippen LogP contribution is 2.44. The molecule has 0 saturated carbocycles. The molecule has 0 bridgehead atoms. The van der Waals surface area contributed by atoms with E-state index in [1.807, 2.05) is 0 Å². The molecule has 0 aliphatic carbocycles. The lowest BCUT2D eigenvalue weighted by atomic mass is 9.33. The lowest BCUT2D eigenvalue weighted by Gasteiger charge is -2.41. The Bertz CT molecular complexity index is 1590. The van der Waals surface area contributed by atoms with Crippen molar-refractivity contribution in [2.75, 3.05) is 4.90 Å². The molecule has 0 radical (unpaired) electrons. The van der Waals surface area contributed by atoms with Gasteiger partial charge < -0.3 is 9.64 Å². The molecule has 4 aromatic rings. The summed E-state index contributed by atoms with van der Waals surface area (Å²) in [5.74, 6) is 2.02. The number of aryl methyl sites for hydroxylation is 7. The van der Waals surface area contributed by atoms with Gasteiger partial charge in [-0.15, -0.1) is 0 Å². The summed E-state index contributed by atoms with van der Waals surface area (Å²) in [6, 6.07) is 16.5. The Morgan fingerprint density at radius 1 is 0.528 bits per heavy atom. The van der Waals surface area contributed by atoms with Gasteiger partial charge in [-0.1, -0.05) is 12.1 Å². The maximum atomic E-state index is 6.76. The van der Waals surface area contributed by atoms with Crippen molar-refractivity contribution in [3.8, 4) is 11.5 Å². The second-order valence-electron chi connectivity index (χ2n) is 11.1. The normalized spacial score (nSPS) is 13.2. The van der Waals surface area contributed by atoms with Crippen molar-refractivity contribution in [2.24, 2.45) is 0 Å². The van der Waals surface area contributed by atoms with Crippen molar-refractivity contribution in [1.82, 2.24) is 0 Å². The molecule has 0 amide bonds. The number of fused-ring (bicyclic) bond motifs is 4. The molecule has 2 aliphatic rings. The topological polar surface area (TPSA) is 12.5 Å². The van der Waals surface area contributed by atoms with Gasteiger partial charge in [0.2, 0.25) is 0 Å². The van der Waals surface area contributed by atoms with Crippen molar-refractivity contribution in [3.05, 3.63) is 92.5 Å². The molecular weight excluding hydrogens is 437 g/mol. The van der Waals surface area contributed by atoms with Crippen LogP contribution in [-0.4, -0.2) is 6.71 Å². The highest BCUT2D eigenvalue weighted by atomic mass is 16.5. The first-order chi connectivity index (χ1) is 17.1. The third kappa shape index (κ3) is 3.11. The van der Waals surface area contributed by atoms with E-state index >= 15 is 0 Å². The van der Waals surface area contributed by atoms with Gasteiger partial charge in [0.25, 0.3) is 6.71 Å². The van der Waals surface area contributed by atoms with Crippen LogP contribution in [0.3, 0.4) is 0 Å². The molecule has 0 aromatic heterocycles. The lowest BCUT2D eigenvalue weighted by molar-refractivity contribution is 0.482. The quantitative estimate of drug-likeness (QED) is 0.243. The van der Waals surface area contributed by atoms with Gasteiger partial charge in [-0.25, -0.2) is 0 Å². The summed E-state index contributed by atoms with van der Waals surface area (Å²) in [4.78, 5) is 2.48. The maximum Gasteiger partial charge on any atom is 0.256 e. The number of rotatable bonds is 1. The molecule has 0 fully saturated rings. The Morgan fingerprint density at radius 3 is 1.72 bits per heavy atom. The van der Waals surface area contributed by atoms with E-state index in [1.54, 1.807) is 0 Å². The van der Waals surface area contributed by atoms with E-state index in [-0.39, 0.29) is 6.71 Å². The number of benzene rings is 4. The van der Waals surface area contributed by atoms with E-state index in [9.17, 15) is 0 Å². The summed E-state index contributed by atoms with van der Waals surface area (Å²) in [5.41, 5.74) is 19.4. The van der Waals surface area contributed by atoms with Gasteiger partial charge in [0, 0.05) is 17.1 Å². The van der Waals surface area contributed by atoms with E-state index in [0.29, 0.717) is 0 Å². The standard InChI is InChI=1S/C33H34BNO/c1-17-12-27-29(14-19(17)3)35(26-10-21(5)24(8)22(6)11-26)30-15-23(7)25(9)33-32(30)34(27)28-13-18(2)20(4)16-31(28)36-33/h10-16H,1-9H3. The highest BCUT2D eigenvalue weighted by Gasteiger charge is 2.43. The third-order valence-electron chi connectivity index (χ3n) is 8.85. The van der Waals surface area contributed by atoms with Gasteiger partial charge in [-0.3, -0.25) is 0 Å². The molecule has 3 heteroatoms. The van der Waals surface area contributed by atoms with Gasteiger partial charge in [0.05, 0.1) is 0 Å². The highest BCUT2D eigenvalue weighted by molar-refractivity contribution is 6.99. The van der Waals surface area contributed by atoms with Crippen LogP contribution in [-0.2, 0) is 0 Å². The van der Waals surface area contributed by atoms with Gasteiger partial charge >= 0.3 is 0 Å². The predicted octanol–water partition coefficient (Wildman–Crippen LogP) is 6.87. The van der Waals surface area contributed by atoms with Gasteiger partial charge in [0.15, 0.2) is 0 Å². The monoisotopic (exact) mass is 471 g/mol. The molecule has 2 aliphatic heterocycles. The molecule has 4 aromatic carbocycles. The minimum Gasteiger partial charge on any atom is -0.458 e. The SMILES string of the molecule is Cc1cc2c(cc1C)B1c3cc(C)c(C)cc3N(c3cc(C)c(C)c(C)c3)c3cc(C)c(C)c(c31)O2. The van der Waals surface area contributed by atoms with Crippen LogP contribution in [0.2, 0.25) is 0 Å². The van der Waals surface area contributed by atoms with Crippen LogP contribution in [0.1, 0.15) is 50.1 Å². The number of ether oxygens (including phenoxy) is 1. The zero-order chi connectivity index (χ0) is 25.6. The van der Waals surface area contributed by atoms with Crippen LogP contribution in [0.4, 0.5) is 17.1 Å². The van der Waals surface area contributed by atoms with Crippen LogP contribution >= 0.6 is 0 Å². The number of anilines is 3. The average molecular weight is 471 g/mol. The van der Waals surface area contributed by atoms with Crippen molar-refractivity contribution in [2.45, 2.75) is 62.3 Å². The minimum absolute atomic E-state index is 0.149. The van der Waals surface area contributed by atoms with Crippen LogP contribution in [0, 0.1) is 62.3 Å². The maximum absolute atomic E-state index is 6.76. The molecule has 0 unspecified atom stereocenters. The van der Waals surface area contributed by atoms with Crippen molar-refractivity contribution >= 4 is 40.2 Å². The Kier molecular flexibility index (Phi) is 4.96. The van der Waals surface area contributed by atoms with Crippen LogP contribution in [0.15, 0.2) is 42.5 Å². The van der Waals surface area contributed by atoms with Crippen LogP contribution in [0.5, 0.6) is 11.5 Å². The molecule has 180 valence electrons. The number of hydrogen-bond donors (Lipinski definition) is 0. The first-order valence-corrected chi connectivity index (χ1v) is 13.0. The Hall–Kier alpha value is -3.46. The molecule has 2 heterocycles. The molecule has 6 rings (SSSR count). The average Bonchev–Trinajstić information content (AvgIpc) is 2.82. The summed E-state index contributed by atoms with van der Waals surface area (Å²) in [7, 11) is 0. The zero-order valence-electron chi connectivity index (χ0n) is 23.0. The first-order valence-electron chi connectivity index (χ1n) is 13.0. The lowest BCUT2D eigenvalue weighted by Crippen LogP contribution is -2.60. The van der Waals surface area contributed by atoms with E-state index in [0.717, 1.165) is 11.5 Å². The first kappa shape index (κ1) is 23.0. The predicted molar refractivity (Wildman–Crippen MR) is 155 cm³/mol. The molecule has 0 atom stereocenters.